The molecule has 140 valence electrons. The van der Waals surface area contributed by atoms with Crippen LogP contribution in [-0.4, -0.2) is 29.4 Å². The van der Waals surface area contributed by atoms with E-state index in [2.05, 4.69) is 15.6 Å². The second kappa shape index (κ2) is 8.16. The van der Waals surface area contributed by atoms with E-state index >= 15 is 0 Å². The van der Waals surface area contributed by atoms with Crippen LogP contribution in [0.2, 0.25) is 0 Å². The van der Waals surface area contributed by atoms with Crippen molar-refractivity contribution in [3.63, 3.8) is 0 Å². The number of amides is 2. The first-order valence-corrected chi connectivity index (χ1v) is 9.39. The highest BCUT2D eigenvalue weighted by atomic mass is 16.2. The van der Waals surface area contributed by atoms with Crippen LogP contribution in [-0.2, 0) is 4.79 Å². The first kappa shape index (κ1) is 18.8. The van der Waals surface area contributed by atoms with Crippen LogP contribution < -0.4 is 10.6 Å². The van der Waals surface area contributed by atoms with Crippen LogP contribution in [0.1, 0.15) is 37.6 Å². The second-order valence-electron chi connectivity index (χ2n) is 7.01. The van der Waals surface area contributed by atoms with Crippen LogP contribution in [0.4, 0.5) is 0 Å². The average Bonchev–Trinajstić information content (AvgIpc) is 2.67. The molecule has 2 amide bonds. The molecule has 0 aliphatic heterocycles. The van der Waals surface area contributed by atoms with Crippen molar-refractivity contribution in [2.75, 3.05) is 6.54 Å². The van der Waals surface area contributed by atoms with Crippen molar-refractivity contribution in [1.29, 1.82) is 0 Å². The van der Waals surface area contributed by atoms with Gasteiger partial charge in [0.1, 0.15) is 6.04 Å². The Morgan fingerprint density at radius 3 is 2.04 bits per heavy atom. The van der Waals surface area contributed by atoms with Gasteiger partial charge in [0.25, 0.3) is 5.91 Å². The van der Waals surface area contributed by atoms with E-state index in [1.807, 2.05) is 69.3 Å². The van der Waals surface area contributed by atoms with E-state index in [1.165, 1.54) is 0 Å². The van der Waals surface area contributed by atoms with Crippen LogP contribution in [0.15, 0.2) is 48.5 Å². The molecule has 0 radical (unpaired) electrons. The molecule has 1 heterocycles. The Morgan fingerprint density at radius 1 is 0.963 bits per heavy atom. The summed E-state index contributed by atoms with van der Waals surface area (Å²) in [7, 11) is 0. The molecule has 1 aromatic heterocycles. The highest BCUT2D eigenvalue weighted by Crippen LogP contribution is 2.26. The lowest BCUT2D eigenvalue weighted by molar-refractivity contribution is -0.123. The number of hydrogen-bond acceptors (Lipinski definition) is 3. The summed E-state index contributed by atoms with van der Waals surface area (Å²) >= 11 is 0. The Labute approximate surface area is 159 Å². The van der Waals surface area contributed by atoms with Gasteiger partial charge in [-0.2, -0.15) is 0 Å². The smallest absolute Gasteiger partial charge is 0.253 e. The third kappa shape index (κ3) is 3.92. The number of para-hydroxylation sites is 2. The minimum Gasteiger partial charge on any atom is -0.354 e. The summed E-state index contributed by atoms with van der Waals surface area (Å²) in [6, 6.07) is 14.6. The van der Waals surface area contributed by atoms with Gasteiger partial charge in [-0.15, -0.1) is 0 Å². The lowest BCUT2D eigenvalue weighted by atomic mass is 9.99. The highest BCUT2D eigenvalue weighted by Gasteiger charge is 2.26. The molecule has 27 heavy (non-hydrogen) atoms. The van der Waals surface area contributed by atoms with Gasteiger partial charge in [-0.05, 0) is 24.5 Å². The van der Waals surface area contributed by atoms with Gasteiger partial charge in [0.05, 0.1) is 16.6 Å². The van der Waals surface area contributed by atoms with Crippen LogP contribution in [0.25, 0.3) is 21.8 Å². The molecule has 3 rings (SSSR count). The van der Waals surface area contributed by atoms with Crippen LogP contribution in [0, 0.1) is 5.92 Å². The molecule has 0 saturated carbocycles. The molecule has 0 spiro atoms. The number of aromatic nitrogens is 1. The van der Waals surface area contributed by atoms with Gasteiger partial charge in [-0.1, -0.05) is 57.2 Å². The van der Waals surface area contributed by atoms with Crippen molar-refractivity contribution in [3.05, 3.63) is 54.1 Å². The number of nitrogens with zero attached hydrogens (tertiary/aromatic N) is 1. The fourth-order valence-corrected chi connectivity index (χ4v) is 3.19. The van der Waals surface area contributed by atoms with Crippen molar-refractivity contribution in [3.8, 4) is 0 Å². The minimum atomic E-state index is -0.588. The van der Waals surface area contributed by atoms with E-state index in [4.69, 9.17) is 0 Å². The second-order valence-corrected chi connectivity index (χ2v) is 7.01. The van der Waals surface area contributed by atoms with Gasteiger partial charge >= 0.3 is 0 Å². The van der Waals surface area contributed by atoms with Crippen LogP contribution in [0.5, 0.6) is 0 Å². The standard InChI is InChI=1S/C22H25N3O2/c1-4-13-23-22(27)20(14(2)3)25-21(26)19-15-9-5-7-11-17(15)24-18-12-8-6-10-16(18)19/h5-12,14,20H,4,13H2,1-3H3,(H,23,27)(H,25,26)/t20-/m0/s1. The number of pyridine rings is 1. The van der Waals surface area contributed by atoms with Crippen LogP contribution >= 0.6 is 0 Å². The van der Waals surface area contributed by atoms with Gasteiger partial charge in [-0.3, -0.25) is 9.59 Å². The van der Waals surface area contributed by atoms with E-state index in [-0.39, 0.29) is 17.7 Å². The average molecular weight is 363 g/mol. The Balaban J connectivity index is 2.04. The summed E-state index contributed by atoms with van der Waals surface area (Å²) in [5.74, 6) is -0.428. The lowest BCUT2D eigenvalue weighted by Crippen LogP contribution is -2.49. The molecule has 3 aromatic rings. The minimum absolute atomic E-state index is 0.0230. The number of fused-ring (bicyclic) bond motifs is 2. The van der Waals surface area contributed by atoms with Crippen molar-refractivity contribution in [2.24, 2.45) is 5.92 Å². The number of rotatable bonds is 6. The molecule has 5 nitrogen and oxygen atoms in total. The van der Waals surface area contributed by atoms with E-state index in [0.29, 0.717) is 12.1 Å². The van der Waals surface area contributed by atoms with Gasteiger partial charge < -0.3 is 10.6 Å². The number of benzene rings is 2. The molecule has 0 fully saturated rings. The summed E-state index contributed by atoms with van der Waals surface area (Å²) in [5.41, 5.74) is 2.08. The first-order valence-electron chi connectivity index (χ1n) is 9.39. The van der Waals surface area contributed by atoms with Gasteiger partial charge in [0.15, 0.2) is 0 Å². The maximum atomic E-state index is 13.2. The topological polar surface area (TPSA) is 71.1 Å². The SMILES string of the molecule is CCCNC(=O)[C@@H](NC(=O)c1c2ccccc2nc2ccccc12)C(C)C. The van der Waals surface area contributed by atoms with Gasteiger partial charge in [-0.25, -0.2) is 4.98 Å². The van der Waals surface area contributed by atoms with Crippen molar-refractivity contribution >= 4 is 33.6 Å². The molecular weight excluding hydrogens is 338 g/mol. The number of carbonyl (C=O) groups is 2. The Kier molecular flexibility index (Phi) is 5.69. The van der Waals surface area contributed by atoms with Crippen molar-refractivity contribution in [1.82, 2.24) is 15.6 Å². The molecule has 2 N–H and O–H groups in total. The summed E-state index contributed by atoms with van der Waals surface area (Å²) in [6.07, 6.45) is 0.851. The largest absolute Gasteiger partial charge is 0.354 e. The molecule has 0 unspecified atom stereocenters. The van der Waals surface area contributed by atoms with Gasteiger partial charge in [0.2, 0.25) is 5.91 Å². The van der Waals surface area contributed by atoms with Crippen molar-refractivity contribution < 1.29 is 9.59 Å². The number of nitrogens with one attached hydrogen (secondary N) is 2. The Hall–Kier alpha value is -2.95. The molecule has 0 aliphatic carbocycles. The van der Waals surface area contributed by atoms with Crippen LogP contribution in [0.3, 0.4) is 0 Å². The first-order chi connectivity index (χ1) is 13.0. The summed E-state index contributed by atoms with van der Waals surface area (Å²) < 4.78 is 0. The third-order valence-corrected chi connectivity index (χ3v) is 4.60. The predicted octanol–water partition coefficient (Wildman–Crippen LogP) is 3.67. The maximum absolute atomic E-state index is 13.2. The fraction of sp³-hybridized carbons (Fsp3) is 0.318. The normalized spacial score (nSPS) is 12.3. The zero-order valence-electron chi connectivity index (χ0n) is 16.0. The molecule has 1 atom stereocenters. The zero-order chi connectivity index (χ0) is 19.4. The van der Waals surface area contributed by atoms with Crippen molar-refractivity contribution in [2.45, 2.75) is 33.2 Å². The summed E-state index contributed by atoms with van der Waals surface area (Å²) in [5, 5.41) is 7.39. The quantitative estimate of drug-likeness (QED) is 0.657. The Bertz CT molecular complexity index is 928. The highest BCUT2D eigenvalue weighted by molar-refractivity contribution is 6.16. The predicted molar refractivity (Wildman–Crippen MR) is 109 cm³/mol. The monoisotopic (exact) mass is 363 g/mol. The summed E-state index contributed by atoms with van der Waals surface area (Å²) in [6.45, 7) is 6.45. The Morgan fingerprint density at radius 2 is 1.52 bits per heavy atom. The molecule has 0 saturated heterocycles. The molecule has 0 aliphatic rings. The van der Waals surface area contributed by atoms with E-state index in [1.54, 1.807) is 0 Å². The van der Waals surface area contributed by atoms with E-state index < -0.39 is 6.04 Å². The molecule has 0 bridgehead atoms. The maximum Gasteiger partial charge on any atom is 0.253 e. The molecule has 5 heteroatoms. The fourth-order valence-electron chi connectivity index (χ4n) is 3.19. The number of carbonyl (C=O) groups excluding carboxylic acids is 2. The van der Waals surface area contributed by atoms with E-state index in [9.17, 15) is 9.59 Å². The lowest BCUT2D eigenvalue weighted by Gasteiger charge is -2.22. The van der Waals surface area contributed by atoms with E-state index in [0.717, 1.165) is 28.2 Å². The molecular formula is C22H25N3O2. The summed E-state index contributed by atoms with van der Waals surface area (Å²) in [4.78, 5) is 30.4. The third-order valence-electron chi connectivity index (χ3n) is 4.60. The molecule has 2 aromatic carbocycles. The number of hydrogen-bond donors (Lipinski definition) is 2. The zero-order valence-corrected chi connectivity index (χ0v) is 16.0. The van der Waals surface area contributed by atoms with Gasteiger partial charge in [0, 0.05) is 17.3 Å².